The average molecular weight is 470 g/mol. The number of hydrogen-bond acceptors (Lipinski definition) is 3. The van der Waals surface area contributed by atoms with Crippen LogP contribution in [0.3, 0.4) is 0 Å². The number of halogens is 3. The van der Waals surface area contributed by atoms with Gasteiger partial charge in [0.05, 0.1) is 16.6 Å². The second-order valence-corrected chi connectivity index (χ2v) is 8.56. The van der Waals surface area contributed by atoms with E-state index in [9.17, 15) is 22.8 Å². The number of anilines is 1. The van der Waals surface area contributed by atoms with Gasteiger partial charge < -0.3 is 9.88 Å². The first kappa shape index (κ1) is 23.5. The molecule has 2 amide bonds. The first-order chi connectivity index (χ1) is 16.2. The highest BCUT2D eigenvalue weighted by Crippen LogP contribution is 2.35. The molecule has 1 saturated carbocycles. The number of aryl methyl sites for hydroxylation is 1. The standard InChI is InChI=1S/C25H25F3N4O2/c1-3-22(33)29-18-8-5-9-19(14-18)32-21-11-10-15(2)12-20(21)30-24(32)31-23(34)16-6-4-7-17(13-16)25(26,27)28/h3-4,6-7,10-13,18-19H,1,5,8-9,14H2,2H3,(H,29,33)(H,30,31,34)/t18-,19+/m0/s1. The van der Waals surface area contributed by atoms with Gasteiger partial charge in [-0.15, -0.1) is 0 Å². The third-order valence-electron chi connectivity index (χ3n) is 6.07. The average Bonchev–Trinajstić information content (AvgIpc) is 3.15. The van der Waals surface area contributed by atoms with Gasteiger partial charge in [0.15, 0.2) is 0 Å². The van der Waals surface area contributed by atoms with Crippen LogP contribution < -0.4 is 10.6 Å². The zero-order valence-corrected chi connectivity index (χ0v) is 18.7. The number of amides is 2. The lowest BCUT2D eigenvalue weighted by Crippen LogP contribution is -2.38. The Kier molecular flexibility index (Phi) is 6.45. The molecule has 4 rings (SSSR count). The van der Waals surface area contributed by atoms with Crippen LogP contribution in [-0.2, 0) is 11.0 Å². The summed E-state index contributed by atoms with van der Waals surface area (Å²) in [6, 6.07) is 9.94. The van der Waals surface area contributed by atoms with Crippen molar-refractivity contribution in [3.8, 4) is 0 Å². The van der Waals surface area contributed by atoms with E-state index in [0.717, 1.165) is 42.5 Å². The van der Waals surface area contributed by atoms with Crippen LogP contribution >= 0.6 is 0 Å². The Labute approximate surface area is 194 Å². The molecule has 34 heavy (non-hydrogen) atoms. The highest BCUT2D eigenvalue weighted by molar-refractivity contribution is 6.04. The van der Waals surface area contributed by atoms with Crippen molar-refractivity contribution in [3.63, 3.8) is 0 Å². The summed E-state index contributed by atoms with van der Waals surface area (Å²) in [5, 5.41) is 5.66. The van der Waals surface area contributed by atoms with Crippen molar-refractivity contribution in [2.75, 3.05) is 5.32 Å². The quantitative estimate of drug-likeness (QED) is 0.490. The van der Waals surface area contributed by atoms with Gasteiger partial charge in [-0.25, -0.2) is 4.98 Å². The van der Waals surface area contributed by atoms with E-state index in [1.54, 1.807) is 0 Å². The minimum absolute atomic E-state index is 0.0563. The Balaban J connectivity index is 1.68. The summed E-state index contributed by atoms with van der Waals surface area (Å²) >= 11 is 0. The summed E-state index contributed by atoms with van der Waals surface area (Å²) in [6.45, 7) is 5.43. The molecule has 2 N–H and O–H groups in total. The number of carbonyl (C=O) groups is 2. The number of fused-ring (bicyclic) bond motifs is 1. The van der Waals surface area contributed by atoms with Gasteiger partial charge in [0.25, 0.3) is 5.91 Å². The van der Waals surface area contributed by atoms with Crippen molar-refractivity contribution in [2.24, 2.45) is 0 Å². The lowest BCUT2D eigenvalue weighted by Gasteiger charge is -2.31. The number of rotatable bonds is 5. The maximum absolute atomic E-state index is 13.1. The second kappa shape index (κ2) is 9.32. The van der Waals surface area contributed by atoms with Crippen molar-refractivity contribution in [1.29, 1.82) is 0 Å². The Hall–Kier alpha value is -3.62. The maximum Gasteiger partial charge on any atom is 0.416 e. The third kappa shape index (κ3) is 4.98. The van der Waals surface area contributed by atoms with Gasteiger partial charge in [-0.2, -0.15) is 13.2 Å². The number of nitrogens with one attached hydrogen (secondary N) is 2. The van der Waals surface area contributed by atoms with E-state index in [0.29, 0.717) is 11.9 Å². The van der Waals surface area contributed by atoms with Gasteiger partial charge in [-0.05, 0) is 74.6 Å². The summed E-state index contributed by atoms with van der Waals surface area (Å²) < 4.78 is 41.3. The molecule has 1 heterocycles. The van der Waals surface area contributed by atoms with Crippen LogP contribution in [0.25, 0.3) is 11.0 Å². The van der Waals surface area contributed by atoms with E-state index < -0.39 is 17.6 Å². The van der Waals surface area contributed by atoms with E-state index in [1.165, 1.54) is 18.2 Å². The molecule has 3 aromatic rings. The van der Waals surface area contributed by atoms with Crippen LogP contribution in [0.4, 0.5) is 19.1 Å². The summed E-state index contributed by atoms with van der Waals surface area (Å²) in [7, 11) is 0. The van der Waals surface area contributed by atoms with E-state index in [-0.39, 0.29) is 29.5 Å². The van der Waals surface area contributed by atoms with Crippen LogP contribution in [0.2, 0.25) is 0 Å². The molecule has 0 aliphatic heterocycles. The van der Waals surface area contributed by atoms with E-state index in [2.05, 4.69) is 22.2 Å². The molecule has 6 nitrogen and oxygen atoms in total. The number of benzene rings is 2. The normalized spacial score (nSPS) is 18.5. The zero-order chi connectivity index (χ0) is 24.5. The molecule has 2 aromatic carbocycles. The van der Waals surface area contributed by atoms with Crippen LogP contribution in [0.15, 0.2) is 55.1 Å². The van der Waals surface area contributed by atoms with Crippen LogP contribution in [0.5, 0.6) is 0 Å². The van der Waals surface area contributed by atoms with Crippen molar-refractivity contribution >= 4 is 28.8 Å². The summed E-state index contributed by atoms with van der Waals surface area (Å²) in [5.74, 6) is -0.648. The molecule has 178 valence electrons. The molecule has 1 fully saturated rings. The highest BCUT2D eigenvalue weighted by atomic mass is 19.4. The van der Waals surface area contributed by atoms with Crippen molar-refractivity contribution in [3.05, 3.63) is 71.8 Å². The molecule has 1 aliphatic rings. The van der Waals surface area contributed by atoms with Crippen LogP contribution in [0.1, 0.15) is 53.2 Å². The first-order valence-electron chi connectivity index (χ1n) is 11.1. The lowest BCUT2D eigenvalue weighted by atomic mass is 9.90. The summed E-state index contributed by atoms with van der Waals surface area (Å²) in [6.07, 6.45) is -0.182. The second-order valence-electron chi connectivity index (χ2n) is 8.56. The van der Waals surface area contributed by atoms with Gasteiger partial charge in [0, 0.05) is 17.6 Å². The molecule has 9 heteroatoms. The highest BCUT2D eigenvalue weighted by Gasteiger charge is 2.31. The fourth-order valence-corrected chi connectivity index (χ4v) is 4.47. The Morgan fingerprint density at radius 1 is 1.18 bits per heavy atom. The Morgan fingerprint density at radius 3 is 2.71 bits per heavy atom. The third-order valence-corrected chi connectivity index (χ3v) is 6.07. The topological polar surface area (TPSA) is 76.0 Å². The molecular formula is C25H25F3N4O2. The fourth-order valence-electron chi connectivity index (χ4n) is 4.47. The Morgan fingerprint density at radius 2 is 1.97 bits per heavy atom. The minimum Gasteiger partial charge on any atom is -0.350 e. The molecule has 0 spiro atoms. The van der Waals surface area contributed by atoms with Crippen LogP contribution in [-0.4, -0.2) is 27.4 Å². The number of hydrogen-bond donors (Lipinski definition) is 2. The van der Waals surface area contributed by atoms with Gasteiger partial charge in [0.1, 0.15) is 0 Å². The monoisotopic (exact) mass is 470 g/mol. The zero-order valence-electron chi connectivity index (χ0n) is 18.7. The van der Waals surface area contributed by atoms with E-state index >= 15 is 0 Å². The Bertz CT molecular complexity index is 1250. The SMILES string of the molecule is C=CC(=O)N[C@H]1CCC[C@@H](n2c(NC(=O)c3cccc(C(F)(F)F)c3)nc3cc(C)ccc32)C1. The van der Waals surface area contributed by atoms with Gasteiger partial charge in [-0.1, -0.05) is 18.7 Å². The molecule has 0 unspecified atom stereocenters. The van der Waals surface area contributed by atoms with Crippen molar-refractivity contribution < 1.29 is 22.8 Å². The van der Waals surface area contributed by atoms with E-state index in [4.69, 9.17) is 0 Å². The van der Waals surface area contributed by atoms with Crippen molar-refractivity contribution in [2.45, 2.75) is 50.9 Å². The van der Waals surface area contributed by atoms with Gasteiger partial charge >= 0.3 is 6.18 Å². The predicted octanol–water partition coefficient (Wildman–Crippen LogP) is 5.40. The lowest BCUT2D eigenvalue weighted by molar-refractivity contribution is -0.137. The van der Waals surface area contributed by atoms with Gasteiger partial charge in [-0.3, -0.25) is 14.9 Å². The van der Waals surface area contributed by atoms with Crippen LogP contribution in [0, 0.1) is 6.92 Å². The molecule has 2 atom stereocenters. The number of aromatic nitrogens is 2. The molecule has 1 aromatic heterocycles. The minimum atomic E-state index is -4.55. The largest absolute Gasteiger partial charge is 0.416 e. The summed E-state index contributed by atoms with van der Waals surface area (Å²) in [5.41, 5.74) is 1.48. The molecule has 0 saturated heterocycles. The molecular weight excluding hydrogens is 445 g/mol. The van der Waals surface area contributed by atoms with E-state index in [1.807, 2.05) is 29.7 Å². The number of nitrogens with zero attached hydrogens (tertiary/aromatic N) is 2. The smallest absolute Gasteiger partial charge is 0.350 e. The molecule has 0 bridgehead atoms. The van der Waals surface area contributed by atoms with Gasteiger partial charge in [0.2, 0.25) is 11.9 Å². The summed E-state index contributed by atoms with van der Waals surface area (Å²) in [4.78, 5) is 29.3. The van der Waals surface area contributed by atoms with Crippen molar-refractivity contribution in [1.82, 2.24) is 14.9 Å². The number of imidazole rings is 1. The predicted molar refractivity (Wildman–Crippen MR) is 123 cm³/mol. The maximum atomic E-state index is 13.1. The first-order valence-corrected chi connectivity index (χ1v) is 11.1. The number of alkyl halides is 3. The number of carbonyl (C=O) groups excluding carboxylic acids is 2. The fraction of sp³-hybridized carbons (Fsp3) is 0.320. The molecule has 1 aliphatic carbocycles. The molecule has 0 radical (unpaired) electrons.